The molecule has 3 nitrogen and oxygen atoms in total. The molecule has 0 saturated heterocycles. The van der Waals surface area contributed by atoms with Crippen LogP contribution >= 0.6 is 50.7 Å². The lowest BCUT2D eigenvalue weighted by molar-refractivity contribution is 0.102. The molecule has 110 valence electrons. The number of hydrogen-bond acceptors (Lipinski definition) is 2. The first-order valence-corrected chi connectivity index (χ1v) is 7.74. The number of nitrogens with two attached hydrogens (primary N) is 1. The molecule has 2 aromatic carbocycles. The number of nitrogens with one attached hydrogen (secondary N) is 1. The highest BCUT2D eigenvalue weighted by molar-refractivity contribution is 9.10. The summed E-state index contributed by atoms with van der Waals surface area (Å²) in [7, 11) is 0. The first kappa shape index (κ1) is 16.4. The zero-order chi connectivity index (χ0) is 15.7. The van der Waals surface area contributed by atoms with E-state index in [4.69, 9.17) is 40.5 Å². The molecule has 1 amide bonds. The Morgan fingerprint density at radius 1 is 1.14 bits per heavy atom. The van der Waals surface area contributed by atoms with Crippen LogP contribution in [-0.2, 0) is 0 Å². The second kappa shape index (κ2) is 6.44. The third-order valence-corrected chi connectivity index (χ3v) is 4.69. The predicted octanol–water partition coefficient (Wildman–Crippen LogP) is 5.55. The molecule has 0 aliphatic carbocycles. The van der Waals surface area contributed by atoms with Gasteiger partial charge in [0.1, 0.15) is 0 Å². The summed E-state index contributed by atoms with van der Waals surface area (Å²) in [5.74, 6) is -0.360. The van der Waals surface area contributed by atoms with Gasteiger partial charge in [-0.1, -0.05) is 34.8 Å². The Hall–Kier alpha value is -0.940. The molecule has 0 radical (unpaired) electrons. The van der Waals surface area contributed by atoms with E-state index in [9.17, 15) is 4.79 Å². The van der Waals surface area contributed by atoms with Gasteiger partial charge in [0, 0.05) is 15.1 Å². The number of hydrogen-bond donors (Lipinski definition) is 2. The maximum Gasteiger partial charge on any atom is 0.255 e. The molecule has 2 aromatic rings. The molecule has 0 aliphatic heterocycles. The van der Waals surface area contributed by atoms with E-state index in [0.717, 1.165) is 10.0 Å². The average Bonchev–Trinajstić information content (AvgIpc) is 2.41. The molecule has 7 heteroatoms. The van der Waals surface area contributed by atoms with E-state index in [1.807, 2.05) is 13.0 Å². The molecule has 0 saturated carbocycles. The highest BCUT2D eigenvalue weighted by atomic mass is 79.9. The number of carbonyl (C=O) groups excluding carboxylic acids is 1. The largest absolute Gasteiger partial charge is 0.397 e. The molecule has 0 aliphatic rings. The van der Waals surface area contributed by atoms with Crippen molar-refractivity contribution in [2.75, 3.05) is 11.1 Å². The minimum absolute atomic E-state index is 0.225. The van der Waals surface area contributed by atoms with E-state index in [-0.39, 0.29) is 21.6 Å². The molecule has 0 bridgehead atoms. The van der Waals surface area contributed by atoms with Crippen molar-refractivity contribution in [1.82, 2.24) is 0 Å². The van der Waals surface area contributed by atoms with Crippen molar-refractivity contribution in [2.24, 2.45) is 0 Å². The molecule has 21 heavy (non-hydrogen) atoms. The monoisotopic (exact) mass is 406 g/mol. The molecule has 0 atom stereocenters. The number of halogens is 4. The summed E-state index contributed by atoms with van der Waals surface area (Å²) in [5.41, 5.74) is 7.71. The topological polar surface area (TPSA) is 55.1 Å². The first-order valence-electron chi connectivity index (χ1n) is 5.81. The fourth-order valence-corrected chi connectivity index (χ4v) is 2.73. The van der Waals surface area contributed by atoms with E-state index in [0.29, 0.717) is 16.3 Å². The molecular weight excluding hydrogens is 398 g/mol. The van der Waals surface area contributed by atoms with Crippen molar-refractivity contribution in [3.05, 3.63) is 54.9 Å². The van der Waals surface area contributed by atoms with Crippen LogP contribution < -0.4 is 11.1 Å². The summed E-state index contributed by atoms with van der Waals surface area (Å²) < 4.78 is 0.728. The van der Waals surface area contributed by atoms with Crippen LogP contribution in [-0.4, -0.2) is 5.91 Å². The number of aryl methyl sites for hydroxylation is 1. The van der Waals surface area contributed by atoms with Crippen LogP contribution in [0.2, 0.25) is 15.1 Å². The lowest BCUT2D eigenvalue weighted by Gasteiger charge is -2.11. The Labute approximate surface area is 145 Å². The molecule has 0 spiro atoms. The lowest BCUT2D eigenvalue weighted by Crippen LogP contribution is -2.13. The van der Waals surface area contributed by atoms with Gasteiger partial charge in [0.2, 0.25) is 0 Å². The number of amides is 1. The van der Waals surface area contributed by atoms with E-state index >= 15 is 0 Å². The van der Waals surface area contributed by atoms with E-state index in [1.165, 1.54) is 12.1 Å². The van der Waals surface area contributed by atoms with Crippen molar-refractivity contribution in [2.45, 2.75) is 6.92 Å². The summed E-state index contributed by atoms with van der Waals surface area (Å²) in [4.78, 5) is 12.2. The van der Waals surface area contributed by atoms with Gasteiger partial charge < -0.3 is 11.1 Å². The Morgan fingerprint density at radius 2 is 1.81 bits per heavy atom. The number of nitrogen functional groups attached to an aromatic ring is 1. The van der Waals surface area contributed by atoms with Gasteiger partial charge in [0.05, 0.1) is 21.4 Å². The second-order valence-electron chi connectivity index (χ2n) is 4.40. The molecule has 3 N–H and O–H groups in total. The van der Waals surface area contributed by atoms with Gasteiger partial charge in [-0.2, -0.15) is 0 Å². The van der Waals surface area contributed by atoms with Gasteiger partial charge in [-0.25, -0.2) is 0 Å². The predicted molar refractivity (Wildman–Crippen MR) is 92.7 cm³/mol. The normalized spacial score (nSPS) is 10.5. The minimum atomic E-state index is -0.360. The maximum atomic E-state index is 12.2. The van der Waals surface area contributed by atoms with Crippen LogP contribution in [0.3, 0.4) is 0 Å². The maximum absolute atomic E-state index is 12.2. The van der Waals surface area contributed by atoms with Crippen molar-refractivity contribution < 1.29 is 4.79 Å². The van der Waals surface area contributed by atoms with E-state index in [1.54, 1.807) is 6.07 Å². The average molecular weight is 409 g/mol. The van der Waals surface area contributed by atoms with Crippen LogP contribution in [0, 0.1) is 6.92 Å². The van der Waals surface area contributed by atoms with Gasteiger partial charge in [-0.3, -0.25) is 4.79 Å². The van der Waals surface area contributed by atoms with Crippen molar-refractivity contribution in [1.29, 1.82) is 0 Å². The molecule has 0 unspecified atom stereocenters. The Kier molecular flexibility index (Phi) is 5.04. The van der Waals surface area contributed by atoms with E-state index < -0.39 is 0 Å². The van der Waals surface area contributed by atoms with Gasteiger partial charge in [-0.05, 0) is 52.7 Å². The van der Waals surface area contributed by atoms with Crippen LogP contribution in [0.15, 0.2) is 28.7 Å². The fourth-order valence-electron chi connectivity index (χ4n) is 1.68. The number of anilines is 2. The Bertz CT molecular complexity index is 711. The summed E-state index contributed by atoms with van der Waals surface area (Å²) >= 11 is 21.2. The fraction of sp³-hybridized carbons (Fsp3) is 0.0714. The zero-order valence-corrected chi connectivity index (χ0v) is 14.7. The summed E-state index contributed by atoms with van der Waals surface area (Å²) in [6.45, 7) is 1.87. The number of benzene rings is 2. The van der Waals surface area contributed by atoms with Crippen LogP contribution in [0.4, 0.5) is 11.4 Å². The molecule has 0 fully saturated rings. The van der Waals surface area contributed by atoms with Crippen molar-refractivity contribution >= 4 is 68.0 Å². The first-order chi connectivity index (χ1) is 9.79. The quantitative estimate of drug-likeness (QED) is 0.640. The van der Waals surface area contributed by atoms with Gasteiger partial charge >= 0.3 is 0 Å². The summed E-state index contributed by atoms with van der Waals surface area (Å²) in [5, 5.41) is 3.75. The lowest BCUT2D eigenvalue weighted by atomic mass is 10.1. The third kappa shape index (κ3) is 3.64. The van der Waals surface area contributed by atoms with Gasteiger partial charge in [0.15, 0.2) is 0 Å². The standard InChI is InChI=1S/C14H10BrCl3N2O/c1-6-2-8(15)12(5-9(6)16)20-14(21)7-3-10(17)13(18)11(19)4-7/h2-5H,19H2,1H3,(H,20,21). The molecule has 0 aromatic heterocycles. The zero-order valence-electron chi connectivity index (χ0n) is 10.8. The van der Waals surface area contributed by atoms with Crippen LogP contribution in [0.25, 0.3) is 0 Å². The van der Waals surface area contributed by atoms with Gasteiger partial charge in [-0.15, -0.1) is 0 Å². The molecular formula is C14H10BrCl3N2O. The molecule has 0 heterocycles. The summed E-state index contributed by atoms with van der Waals surface area (Å²) in [6.07, 6.45) is 0. The van der Waals surface area contributed by atoms with Crippen molar-refractivity contribution in [3.63, 3.8) is 0 Å². The van der Waals surface area contributed by atoms with E-state index in [2.05, 4.69) is 21.2 Å². The van der Waals surface area contributed by atoms with Gasteiger partial charge in [0.25, 0.3) is 5.91 Å². The molecule has 2 rings (SSSR count). The van der Waals surface area contributed by atoms with Crippen LogP contribution in [0.5, 0.6) is 0 Å². The number of carbonyl (C=O) groups is 1. The Morgan fingerprint density at radius 3 is 2.43 bits per heavy atom. The van der Waals surface area contributed by atoms with Crippen LogP contribution in [0.1, 0.15) is 15.9 Å². The van der Waals surface area contributed by atoms with Crippen molar-refractivity contribution in [3.8, 4) is 0 Å². The minimum Gasteiger partial charge on any atom is -0.397 e. The highest BCUT2D eigenvalue weighted by Crippen LogP contribution is 2.32. The smallest absolute Gasteiger partial charge is 0.255 e. The number of rotatable bonds is 2. The SMILES string of the molecule is Cc1cc(Br)c(NC(=O)c2cc(N)c(Cl)c(Cl)c2)cc1Cl. The third-order valence-electron chi connectivity index (χ3n) is 2.82. The highest BCUT2D eigenvalue weighted by Gasteiger charge is 2.13. The Balaban J connectivity index is 2.32. The second-order valence-corrected chi connectivity index (χ2v) is 6.44. The summed E-state index contributed by atoms with van der Waals surface area (Å²) in [6, 6.07) is 6.41.